The number of esters is 2. The zero-order valence-corrected chi connectivity index (χ0v) is 12.5. The molecule has 0 bridgehead atoms. The van der Waals surface area contributed by atoms with Crippen LogP contribution >= 0.6 is 11.6 Å². The van der Waals surface area contributed by atoms with Crippen LogP contribution in [-0.2, 0) is 9.47 Å². The van der Waals surface area contributed by atoms with E-state index in [-0.39, 0.29) is 11.3 Å². The Morgan fingerprint density at radius 2 is 1.86 bits per heavy atom. The number of nitrogens with zero attached hydrogens (tertiary/aromatic N) is 2. The number of hydrogen-bond donors (Lipinski definition) is 0. The minimum Gasteiger partial charge on any atom is -0.465 e. The van der Waals surface area contributed by atoms with E-state index in [1.165, 1.54) is 25.1 Å². The van der Waals surface area contributed by atoms with E-state index < -0.39 is 11.9 Å². The van der Waals surface area contributed by atoms with Crippen LogP contribution in [0.25, 0.3) is 5.69 Å². The third-order valence-electron chi connectivity index (χ3n) is 2.92. The topological polar surface area (TPSA) is 70.4 Å². The van der Waals surface area contributed by atoms with Crippen LogP contribution in [0.5, 0.6) is 0 Å². The average Bonchev–Trinajstić information content (AvgIpc) is 2.93. The molecular formula is C14H13ClN2O4. The summed E-state index contributed by atoms with van der Waals surface area (Å²) >= 11 is 6.07. The maximum atomic E-state index is 11.7. The van der Waals surface area contributed by atoms with E-state index >= 15 is 0 Å². The molecular weight excluding hydrogens is 296 g/mol. The van der Waals surface area contributed by atoms with Crippen molar-refractivity contribution in [3.05, 3.63) is 46.2 Å². The molecule has 2 aromatic rings. The van der Waals surface area contributed by atoms with Crippen molar-refractivity contribution in [1.29, 1.82) is 0 Å². The lowest BCUT2D eigenvalue weighted by atomic mass is 10.2. The maximum Gasteiger partial charge on any atom is 0.359 e. The summed E-state index contributed by atoms with van der Waals surface area (Å²) in [5.41, 5.74) is 1.45. The number of hydrogen-bond acceptors (Lipinski definition) is 5. The van der Waals surface area contributed by atoms with E-state index in [4.69, 9.17) is 11.6 Å². The van der Waals surface area contributed by atoms with Crippen molar-refractivity contribution in [2.45, 2.75) is 6.92 Å². The first kappa shape index (κ1) is 15.1. The summed E-state index contributed by atoms with van der Waals surface area (Å²) in [6.07, 6.45) is 1.40. The predicted octanol–water partition coefficient (Wildman–Crippen LogP) is 2.41. The minimum absolute atomic E-state index is 0.0287. The summed E-state index contributed by atoms with van der Waals surface area (Å²) in [5.74, 6) is -1.38. The summed E-state index contributed by atoms with van der Waals surface area (Å²) < 4.78 is 10.6. The van der Waals surface area contributed by atoms with Crippen LogP contribution in [0.1, 0.15) is 26.4 Å². The summed E-state index contributed by atoms with van der Waals surface area (Å²) in [6, 6.07) is 5.28. The highest BCUT2D eigenvalue weighted by molar-refractivity contribution is 6.31. The molecule has 1 aromatic heterocycles. The average molecular weight is 309 g/mol. The van der Waals surface area contributed by atoms with E-state index in [0.29, 0.717) is 10.7 Å². The highest BCUT2D eigenvalue weighted by atomic mass is 35.5. The lowest BCUT2D eigenvalue weighted by Crippen LogP contribution is -2.10. The van der Waals surface area contributed by atoms with Gasteiger partial charge in [-0.05, 0) is 24.6 Å². The highest BCUT2D eigenvalue weighted by Gasteiger charge is 2.23. The number of ether oxygens (including phenoxy) is 2. The Hall–Kier alpha value is -2.34. The normalized spacial score (nSPS) is 10.3. The molecule has 0 aliphatic heterocycles. The fourth-order valence-electron chi connectivity index (χ4n) is 1.74. The van der Waals surface area contributed by atoms with Gasteiger partial charge in [0.2, 0.25) is 0 Å². The number of halogens is 1. The van der Waals surface area contributed by atoms with Gasteiger partial charge < -0.3 is 9.47 Å². The third-order valence-corrected chi connectivity index (χ3v) is 3.33. The molecule has 0 N–H and O–H groups in total. The monoisotopic (exact) mass is 308 g/mol. The molecule has 2 rings (SSSR count). The van der Waals surface area contributed by atoms with Gasteiger partial charge in [-0.2, -0.15) is 5.10 Å². The van der Waals surface area contributed by atoms with Crippen LogP contribution in [0, 0.1) is 6.92 Å². The van der Waals surface area contributed by atoms with E-state index in [1.807, 2.05) is 13.0 Å². The van der Waals surface area contributed by atoms with Crippen molar-refractivity contribution in [3.63, 3.8) is 0 Å². The molecule has 21 heavy (non-hydrogen) atoms. The molecule has 0 atom stereocenters. The fourth-order valence-corrected chi connectivity index (χ4v) is 1.91. The van der Waals surface area contributed by atoms with Gasteiger partial charge in [-0.3, -0.25) is 0 Å². The smallest absolute Gasteiger partial charge is 0.359 e. The summed E-state index contributed by atoms with van der Waals surface area (Å²) in [6.45, 7) is 1.87. The van der Waals surface area contributed by atoms with Crippen LogP contribution in [0.2, 0.25) is 5.02 Å². The molecule has 0 radical (unpaired) electrons. The Balaban J connectivity index is 2.55. The van der Waals surface area contributed by atoms with Gasteiger partial charge in [0.25, 0.3) is 0 Å². The lowest BCUT2D eigenvalue weighted by molar-refractivity contribution is 0.0552. The van der Waals surface area contributed by atoms with Crippen molar-refractivity contribution in [3.8, 4) is 5.69 Å². The highest BCUT2D eigenvalue weighted by Crippen LogP contribution is 2.20. The largest absolute Gasteiger partial charge is 0.465 e. The minimum atomic E-state index is -0.715. The van der Waals surface area contributed by atoms with Gasteiger partial charge in [0, 0.05) is 11.2 Å². The Labute approximate surface area is 126 Å². The van der Waals surface area contributed by atoms with Crippen molar-refractivity contribution in [2.75, 3.05) is 14.2 Å². The van der Waals surface area contributed by atoms with Gasteiger partial charge in [-0.15, -0.1) is 0 Å². The van der Waals surface area contributed by atoms with Gasteiger partial charge in [-0.25, -0.2) is 14.3 Å². The van der Waals surface area contributed by atoms with Gasteiger partial charge in [-0.1, -0.05) is 17.7 Å². The molecule has 6 nitrogen and oxygen atoms in total. The fraction of sp³-hybridized carbons (Fsp3) is 0.214. The lowest BCUT2D eigenvalue weighted by Gasteiger charge is -2.03. The zero-order valence-electron chi connectivity index (χ0n) is 11.7. The maximum absolute atomic E-state index is 11.7. The molecule has 0 saturated heterocycles. The zero-order chi connectivity index (χ0) is 15.6. The summed E-state index contributed by atoms with van der Waals surface area (Å²) in [4.78, 5) is 23.4. The van der Waals surface area contributed by atoms with Crippen LogP contribution < -0.4 is 0 Å². The predicted molar refractivity (Wildman–Crippen MR) is 76.0 cm³/mol. The number of carbonyl (C=O) groups excluding carboxylic acids is 2. The molecule has 0 aliphatic rings. The summed E-state index contributed by atoms with van der Waals surface area (Å²) in [5, 5.41) is 4.63. The standard InChI is InChI=1S/C14H13ClN2O4/c1-8-4-5-9(6-11(8)15)17-7-10(13(18)20-2)12(16-17)14(19)21-3/h4-7H,1-3H3. The van der Waals surface area contributed by atoms with E-state index in [2.05, 4.69) is 14.6 Å². The van der Waals surface area contributed by atoms with Crippen LogP contribution in [-0.4, -0.2) is 35.9 Å². The molecule has 0 saturated carbocycles. The number of methoxy groups -OCH3 is 2. The molecule has 7 heteroatoms. The third kappa shape index (κ3) is 2.90. The van der Waals surface area contributed by atoms with Crippen molar-refractivity contribution >= 4 is 23.5 Å². The Bertz CT molecular complexity index is 675. The second kappa shape index (κ2) is 5.97. The first-order valence-corrected chi connectivity index (χ1v) is 6.38. The molecule has 0 fully saturated rings. The Morgan fingerprint density at radius 1 is 1.19 bits per heavy atom. The van der Waals surface area contributed by atoms with Gasteiger partial charge >= 0.3 is 11.9 Å². The first-order chi connectivity index (χ1) is 9.97. The first-order valence-electron chi connectivity index (χ1n) is 6.00. The van der Waals surface area contributed by atoms with E-state index in [0.717, 1.165) is 5.56 Å². The van der Waals surface area contributed by atoms with Crippen molar-refractivity contribution in [2.24, 2.45) is 0 Å². The van der Waals surface area contributed by atoms with E-state index in [1.54, 1.807) is 12.1 Å². The van der Waals surface area contributed by atoms with Crippen molar-refractivity contribution in [1.82, 2.24) is 9.78 Å². The SMILES string of the molecule is COC(=O)c1cn(-c2ccc(C)c(Cl)c2)nc1C(=O)OC. The van der Waals surface area contributed by atoms with Crippen molar-refractivity contribution < 1.29 is 19.1 Å². The second-order valence-electron chi connectivity index (χ2n) is 4.25. The number of carbonyl (C=O) groups is 2. The summed E-state index contributed by atoms with van der Waals surface area (Å²) in [7, 11) is 2.44. The molecule has 1 heterocycles. The van der Waals surface area contributed by atoms with Crippen LogP contribution in [0.3, 0.4) is 0 Å². The molecule has 110 valence electrons. The van der Waals surface area contributed by atoms with Crippen LogP contribution in [0.15, 0.2) is 24.4 Å². The molecule has 0 aliphatic carbocycles. The number of aromatic nitrogens is 2. The molecule has 0 amide bonds. The van der Waals surface area contributed by atoms with Gasteiger partial charge in [0.1, 0.15) is 5.56 Å². The number of benzene rings is 1. The second-order valence-corrected chi connectivity index (χ2v) is 4.66. The van der Waals surface area contributed by atoms with E-state index in [9.17, 15) is 9.59 Å². The van der Waals surface area contributed by atoms with Crippen LogP contribution in [0.4, 0.5) is 0 Å². The number of aryl methyl sites for hydroxylation is 1. The Kier molecular flexibility index (Phi) is 4.28. The molecule has 1 aromatic carbocycles. The van der Waals surface area contributed by atoms with Gasteiger partial charge in [0.15, 0.2) is 5.69 Å². The molecule has 0 spiro atoms. The molecule has 0 unspecified atom stereocenters. The quantitative estimate of drug-likeness (QED) is 0.814. The Morgan fingerprint density at radius 3 is 2.43 bits per heavy atom. The number of rotatable bonds is 3. The van der Waals surface area contributed by atoms with Gasteiger partial charge in [0.05, 0.1) is 19.9 Å².